The van der Waals surface area contributed by atoms with Crippen molar-refractivity contribution in [2.24, 2.45) is 0 Å². The van der Waals surface area contributed by atoms with E-state index >= 15 is 0 Å². The highest BCUT2D eigenvalue weighted by Gasteiger charge is 2.45. The Balaban J connectivity index is 1.13. The van der Waals surface area contributed by atoms with Gasteiger partial charge in [-0.25, -0.2) is 4.79 Å². The molecule has 8 nitrogen and oxygen atoms in total. The number of carbonyl (C=O) groups excluding carboxylic acids is 3. The summed E-state index contributed by atoms with van der Waals surface area (Å²) in [7, 11) is 0. The van der Waals surface area contributed by atoms with Crippen molar-refractivity contribution in [3.8, 4) is 0 Å². The van der Waals surface area contributed by atoms with E-state index < -0.39 is 0 Å². The van der Waals surface area contributed by atoms with E-state index in [1.807, 2.05) is 24.3 Å². The van der Waals surface area contributed by atoms with Gasteiger partial charge in [0, 0.05) is 56.8 Å². The standard InChI is InChI=1S/C34H46N4O4/c1-2-42-32(39)14-9-21-35-33(40)28-17-15-26(16-18-28)24-36-22-19-30(20-23-36)38-31(27-10-5-3-6-11-27)25-37(34(38)41)29-12-7-4-8-13-29/h3,5-6,10-11,15-18,29-31H,2,4,7-9,12-14,19-25H2,1H3,(H,35,40). The van der Waals surface area contributed by atoms with Crippen molar-refractivity contribution in [3.63, 3.8) is 0 Å². The van der Waals surface area contributed by atoms with Crippen LogP contribution in [0, 0.1) is 0 Å². The third-order valence-corrected chi connectivity index (χ3v) is 9.09. The molecule has 2 aromatic rings. The predicted octanol–water partition coefficient (Wildman–Crippen LogP) is 5.54. The summed E-state index contributed by atoms with van der Waals surface area (Å²) in [5, 5.41) is 2.88. The Hall–Kier alpha value is -3.39. The monoisotopic (exact) mass is 574 g/mol. The molecule has 1 saturated carbocycles. The molecule has 0 spiro atoms. The van der Waals surface area contributed by atoms with Crippen LogP contribution in [-0.2, 0) is 16.1 Å². The van der Waals surface area contributed by atoms with Gasteiger partial charge in [-0.15, -0.1) is 0 Å². The van der Waals surface area contributed by atoms with Crippen LogP contribution in [-0.4, -0.2) is 77.5 Å². The molecule has 1 atom stereocenters. The Labute approximate surface area is 250 Å². The Morgan fingerprint density at radius 1 is 0.905 bits per heavy atom. The minimum absolute atomic E-state index is 0.126. The number of nitrogens with zero attached hydrogens (tertiary/aromatic N) is 3. The number of hydrogen-bond acceptors (Lipinski definition) is 5. The Morgan fingerprint density at radius 3 is 2.31 bits per heavy atom. The smallest absolute Gasteiger partial charge is 0.321 e. The summed E-state index contributed by atoms with van der Waals surface area (Å²) in [6.45, 7) is 6.13. The first-order valence-corrected chi connectivity index (χ1v) is 15.9. The summed E-state index contributed by atoms with van der Waals surface area (Å²) in [6, 6.07) is 19.4. The van der Waals surface area contributed by atoms with Crippen LogP contribution in [0.5, 0.6) is 0 Å². The first-order valence-electron chi connectivity index (χ1n) is 15.9. The van der Waals surface area contributed by atoms with Crippen molar-refractivity contribution in [2.75, 3.05) is 32.8 Å². The zero-order valence-electron chi connectivity index (χ0n) is 25.0. The molecule has 8 heteroatoms. The zero-order valence-corrected chi connectivity index (χ0v) is 25.0. The summed E-state index contributed by atoms with van der Waals surface area (Å²) in [6.07, 6.45) is 8.83. The zero-order chi connectivity index (χ0) is 29.3. The van der Waals surface area contributed by atoms with Crippen molar-refractivity contribution in [2.45, 2.75) is 89.4 Å². The highest BCUT2D eigenvalue weighted by molar-refractivity contribution is 5.94. The fourth-order valence-corrected chi connectivity index (χ4v) is 6.83. The lowest BCUT2D eigenvalue weighted by molar-refractivity contribution is -0.143. The van der Waals surface area contributed by atoms with Crippen molar-refractivity contribution < 1.29 is 19.1 Å². The van der Waals surface area contributed by atoms with Crippen LogP contribution in [0.1, 0.15) is 92.2 Å². The second-order valence-corrected chi connectivity index (χ2v) is 11.9. The highest BCUT2D eigenvalue weighted by atomic mass is 16.5. The number of piperidine rings is 1. The molecule has 0 bridgehead atoms. The normalized spacial score (nSPS) is 20.6. The molecule has 42 heavy (non-hydrogen) atoms. The largest absolute Gasteiger partial charge is 0.466 e. The number of nitrogens with one attached hydrogen (secondary N) is 1. The van der Waals surface area contributed by atoms with Gasteiger partial charge in [-0.3, -0.25) is 14.5 Å². The molecule has 226 valence electrons. The first kappa shape index (κ1) is 30.1. The molecule has 2 heterocycles. The molecule has 1 aliphatic carbocycles. The molecule has 2 saturated heterocycles. The Kier molecular flexibility index (Phi) is 10.5. The number of amides is 3. The first-order chi connectivity index (χ1) is 20.5. The molecule has 2 aliphatic heterocycles. The molecular formula is C34H46N4O4. The van der Waals surface area contributed by atoms with Crippen LogP contribution in [0.2, 0.25) is 0 Å². The van der Waals surface area contributed by atoms with Crippen molar-refractivity contribution in [1.29, 1.82) is 0 Å². The number of urea groups is 1. The Morgan fingerprint density at radius 2 is 1.62 bits per heavy atom. The minimum Gasteiger partial charge on any atom is -0.466 e. The van der Waals surface area contributed by atoms with Gasteiger partial charge in [0.2, 0.25) is 0 Å². The molecule has 3 aliphatic rings. The maximum atomic E-state index is 13.9. The van der Waals surface area contributed by atoms with E-state index in [9.17, 15) is 14.4 Å². The summed E-state index contributed by atoms with van der Waals surface area (Å²) in [4.78, 5) is 44.7. The number of ether oxygens (including phenoxy) is 1. The molecule has 3 fully saturated rings. The van der Waals surface area contributed by atoms with E-state index in [1.165, 1.54) is 30.4 Å². The average molecular weight is 575 g/mol. The van der Waals surface area contributed by atoms with E-state index in [1.54, 1.807) is 6.92 Å². The number of likely N-dealkylation sites (tertiary alicyclic amines) is 1. The number of hydrogen-bond donors (Lipinski definition) is 1. The lowest BCUT2D eigenvalue weighted by Gasteiger charge is -2.39. The van der Waals surface area contributed by atoms with Gasteiger partial charge >= 0.3 is 12.0 Å². The third kappa shape index (κ3) is 7.51. The number of benzene rings is 2. The van der Waals surface area contributed by atoms with Gasteiger partial charge in [-0.1, -0.05) is 61.7 Å². The lowest BCUT2D eigenvalue weighted by Crippen LogP contribution is -2.48. The maximum Gasteiger partial charge on any atom is 0.321 e. The Bertz CT molecular complexity index is 1170. The minimum atomic E-state index is -0.232. The molecule has 1 N–H and O–H groups in total. The van der Waals surface area contributed by atoms with Gasteiger partial charge in [0.1, 0.15) is 0 Å². The van der Waals surface area contributed by atoms with Gasteiger partial charge in [0.05, 0.1) is 12.6 Å². The molecule has 0 radical (unpaired) electrons. The molecule has 5 rings (SSSR count). The van der Waals surface area contributed by atoms with E-state index in [0.717, 1.165) is 51.9 Å². The van der Waals surface area contributed by atoms with Gasteiger partial charge < -0.3 is 19.9 Å². The van der Waals surface area contributed by atoms with Crippen molar-refractivity contribution in [3.05, 3.63) is 71.3 Å². The van der Waals surface area contributed by atoms with E-state index in [2.05, 4.69) is 50.3 Å². The molecule has 1 unspecified atom stereocenters. The van der Waals surface area contributed by atoms with Crippen LogP contribution >= 0.6 is 0 Å². The van der Waals surface area contributed by atoms with Gasteiger partial charge in [-0.2, -0.15) is 0 Å². The summed E-state index contributed by atoms with van der Waals surface area (Å²) < 4.78 is 4.92. The van der Waals surface area contributed by atoms with Gasteiger partial charge in [0.15, 0.2) is 0 Å². The highest BCUT2D eigenvalue weighted by Crippen LogP contribution is 2.38. The van der Waals surface area contributed by atoms with Gasteiger partial charge in [-0.05, 0) is 62.3 Å². The van der Waals surface area contributed by atoms with Crippen LogP contribution in [0.4, 0.5) is 4.79 Å². The molecule has 2 aromatic carbocycles. The second kappa shape index (κ2) is 14.7. The summed E-state index contributed by atoms with van der Waals surface area (Å²) >= 11 is 0. The van der Waals surface area contributed by atoms with Gasteiger partial charge in [0.25, 0.3) is 5.91 Å². The number of carbonyl (C=O) groups is 3. The molecule has 3 amide bonds. The molecular weight excluding hydrogens is 528 g/mol. The number of rotatable bonds is 11. The second-order valence-electron chi connectivity index (χ2n) is 11.9. The topological polar surface area (TPSA) is 82.2 Å². The summed E-state index contributed by atoms with van der Waals surface area (Å²) in [5.74, 6) is -0.360. The van der Waals surface area contributed by atoms with E-state index in [4.69, 9.17) is 4.74 Å². The predicted molar refractivity (Wildman–Crippen MR) is 163 cm³/mol. The lowest BCUT2D eigenvalue weighted by atomic mass is 9.94. The molecule has 0 aromatic heterocycles. The van der Waals surface area contributed by atoms with E-state index in [-0.39, 0.29) is 30.0 Å². The number of esters is 1. The van der Waals surface area contributed by atoms with Crippen LogP contribution in [0.15, 0.2) is 54.6 Å². The van der Waals surface area contributed by atoms with Crippen LogP contribution in [0.25, 0.3) is 0 Å². The fourth-order valence-electron chi connectivity index (χ4n) is 6.83. The van der Waals surface area contributed by atoms with Crippen molar-refractivity contribution in [1.82, 2.24) is 20.0 Å². The third-order valence-electron chi connectivity index (χ3n) is 9.09. The van der Waals surface area contributed by atoms with Crippen LogP contribution in [0.3, 0.4) is 0 Å². The maximum absolute atomic E-state index is 13.9. The van der Waals surface area contributed by atoms with E-state index in [0.29, 0.717) is 37.6 Å². The fraction of sp³-hybridized carbons (Fsp3) is 0.559. The van der Waals surface area contributed by atoms with Crippen LogP contribution < -0.4 is 5.32 Å². The SMILES string of the molecule is CCOC(=O)CCCNC(=O)c1ccc(CN2CCC(N3C(=O)N(C4CCCCC4)CC3c3ccccc3)CC2)cc1. The van der Waals surface area contributed by atoms with Crippen molar-refractivity contribution >= 4 is 17.9 Å². The summed E-state index contributed by atoms with van der Waals surface area (Å²) in [5.41, 5.74) is 3.04. The average Bonchev–Trinajstić information content (AvgIpc) is 3.38. The quantitative estimate of drug-likeness (QED) is 0.282.